The van der Waals surface area contributed by atoms with E-state index in [1.54, 1.807) is 4.90 Å². The van der Waals surface area contributed by atoms with Gasteiger partial charge in [-0.15, -0.1) is 0 Å². The van der Waals surface area contributed by atoms with Gasteiger partial charge >= 0.3 is 6.09 Å². The van der Waals surface area contributed by atoms with Crippen molar-refractivity contribution in [1.29, 1.82) is 0 Å². The highest BCUT2D eigenvalue weighted by molar-refractivity contribution is 5.67. The van der Waals surface area contributed by atoms with Gasteiger partial charge in [0.2, 0.25) is 0 Å². The second-order valence-electron chi connectivity index (χ2n) is 3.27. The third-order valence-electron chi connectivity index (χ3n) is 2.44. The fraction of sp³-hybridized carbons (Fsp3) is 0.875. The molecule has 0 aliphatic carbocycles. The molecule has 1 rings (SSSR count). The van der Waals surface area contributed by atoms with Crippen LogP contribution in [0.25, 0.3) is 0 Å². The molecule has 0 aromatic heterocycles. The first-order chi connectivity index (χ1) is 6.19. The quantitative estimate of drug-likeness (QED) is 0.606. The molecular weight excluding hydrogens is 172 g/mol. The van der Waals surface area contributed by atoms with Crippen molar-refractivity contribution in [1.82, 2.24) is 4.90 Å². The van der Waals surface area contributed by atoms with Crippen LogP contribution in [-0.4, -0.2) is 48.9 Å². The normalized spacial score (nSPS) is 24.5. The number of hydrogen-bond donors (Lipinski definition) is 2. The predicted octanol–water partition coefficient (Wildman–Crippen LogP) is -0.606. The molecule has 0 spiro atoms. The van der Waals surface area contributed by atoms with Crippen LogP contribution in [0.15, 0.2) is 0 Å². The summed E-state index contributed by atoms with van der Waals surface area (Å²) >= 11 is 0. The number of rotatable bonds is 2. The molecule has 1 fully saturated rings. The number of likely N-dealkylation sites (tertiary alicyclic amines) is 1. The van der Waals surface area contributed by atoms with Crippen LogP contribution >= 0.6 is 0 Å². The fourth-order valence-electron chi connectivity index (χ4n) is 1.59. The van der Waals surface area contributed by atoms with E-state index >= 15 is 0 Å². The Labute approximate surface area is 77.5 Å². The van der Waals surface area contributed by atoms with Gasteiger partial charge in [0.05, 0.1) is 13.2 Å². The van der Waals surface area contributed by atoms with Crippen LogP contribution in [0.3, 0.4) is 0 Å². The number of carbonyl (C=O) groups excluding carboxylic acids is 1. The monoisotopic (exact) mass is 188 g/mol. The van der Waals surface area contributed by atoms with Gasteiger partial charge in [0.1, 0.15) is 0 Å². The van der Waals surface area contributed by atoms with Crippen LogP contribution in [0.2, 0.25) is 0 Å². The van der Waals surface area contributed by atoms with E-state index in [-0.39, 0.29) is 18.6 Å². The summed E-state index contributed by atoms with van der Waals surface area (Å²) in [5, 5.41) is 9.43. The topological polar surface area (TPSA) is 75.8 Å². The average molecular weight is 188 g/mol. The zero-order valence-electron chi connectivity index (χ0n) is 7.77. The van der Waals surface area contributed by atoms with Gasteiger partial charge < -0.3 is 20.5 Å². The Morgan fingerprint density at radius 3 is 3.08 bits per heavy atom. The number of amides is 1. The summed E-state index contributed by atoms with van der Waals surface area (Å²) in [5.74, 6) is 0.101. The minimum Gasteiger partial charge on any atom is -0.453 e. The molecular formula is C8H16N2O3. The van der Waals surface area contributed by atoms with E-state index in [4.69, 9.17) is 5.73 Å². The van der Waals surface area contributed by atoms with Gasteiger partial charge in [0, 0.05) is 25.6 Å². The number of methoxy groups -OCH3 is 1. The molecule has 13 heavy (non-hydrogen) atoms. The molecule has 3 N–H and O–H groups in total. The van der Waals surface area contributed by atoms with Gasteiger partial charge in [0.25, 0.3) is 0 Å². The molecule has 2 unspecified atom stereocenters. The molecule has 76 valence electrons. The number of ether oxygens (including phenoxy) is 1. The van der Waals surface area contributed by atoms with E-state index in [2.05, 4.69) is 4.74 Å². The first-order valence-corrected chi connectivity index (χ1v) is 4.40. The van der Waals surface area contributed by atoms with Gasteiger partial charge in [-0.05, 0) is 6.42 Å². The van der Waals surface area contributed by atoms with Crippen LogP contribution in [0.1, 0.15) is 6.42 Å². The molecule has 1 amide bonds. The summed E-state index contributed by atoms with van der Waals surface area (Å²) in [6.45, 7) is 1.44. The number of nitrogens with two attached hydrogens (primary N) is 1. The molecule has 5 heteroatoms. The van der Waals surface area contributed by atoms with E-state index in [9.17, 15) is 9.90 Å². The summed E-state index contributed by atoms with van der Waals surface area (Å²) < 4.78 is 4.57. The Kier molecular flexibility index (Phi) is 3.50. The highest BCUT2D eigenvalue weighted by Crippen LogP contribution is 2.19. The molecule has 1 aliphatic heterocycles. The average Bonchev–Trinajstić information content (AvgIpc) is 2.64. The van der Waals surface area contributed by atoms with Crippen molar-refractivity contribution in [2.75, 3.05) is 26.7 Å². The third kappa shape index (κ3) is 2.32. The van der Waals surface area contributed by atoms with E-state index < -0.39 is 6.10 Å². The molecule has 5 nitrogen and oxygen atoms in total. The maximum absolute atomic E-state index is 11.1. The van der Waals surface area contributed by atoms with Crippen molar-refractivity contribution in [2.24, 2.45) is 11.7 Å². The van der Waals surface area contributed by atoms with E-state index in [0.29, 0.717) is 13.1 Å². The highest BCUT2D eigenvalue weighted by atomic mass is 16.5. The van der Waals surface area contributed by atoms with Gasteiger partial charge in [-0.2, -0.15) is 0 Å². The Hall–Kier alpha value is -0.810. The van der Waals surface area contributed by atoms with Crippen molar-refractivity contribution < 1.29 is 14.6 Å². The summed E-state index contributed by atoms with van der Waals surface area (Å²) in [4.78, 5) is 12.6. The molecule has 1 saturated heterocycles. The Morgan fingerprint density at radius 1 is 1.85 bits per heavy atom. The largest absolute Gasteiger partial charge is 0.453 e. The second-order valence-corrected chi connectivity index (χ2v) is 3.27. The first kappa shape index (κ1) is 10.3. The lowest BCUT2D eigenvalue weighted by Gasteiger charge is -2.17. The number of carbonyl (C=O) groups is 1. The van der Waals surface area contributed by atoms with Crippen molar-refractivity contribution in [3.63, 3.8) is 0 Å². The van der Waals surface area contributed by atoms with E-state index in [1.165, 1.54) is 7.11 Å². The van der Waals surface area contributed by atoms with Crippen LogP contribution in [0, 0.1) is 5.92 Å². The Balaban J connectivity index is 2.40. The standard InChI is InChI=1S/C8H16N2O3/c1-13-8(12)10-3-2-6(5-10)7(11)4-9/h6-7,11H,2-5,9H2,1H3. The van der Waals surface area contributed by atoms with Crippen LogP contribution < -0.4 is 5.73 Å². The van der Waals surface area contributed by atoms with Gasteiger partial charge in [-0.1, -0.05) is 0 Å². The smallest absolute Gasteiger partial charge is 0.409 e. The van der Waals surface area contributed by atoms with Crippen LogP contribution in [-0.2, 0) is 4.74 Å². The summed E-state index contributed by atoms with van der Waals surface area (Å²) in [6.07, 6.45) is -0.0330. The van der Waals surface area contributed by atoms with Crippen molar-refractivity contribution in [3.05, 3.63) is 0 Å². The lowest BCUT2D eigenvalue weighted by molar-refractivity contribution is 0.107. The van der Waals surface area contributed by atoms with Gasteiger partial charge in [-0.25, -0.2) is 4.79 Å². The van der Waals surface area contributed by atoms with Crippen molar-refractivity contribution >= 4 is 6.09 Å². The van der Waals surface area contributed by atoms with Crippen LogP contribution in [0.5, 0.6) is 0 Å². The molecule has 1 heterocycles. The first-order valence-electron chi connectivity index (χ1n) is 4.40. The maximum Gasteiger partial charge on any atom is 0.409 e. The minimum absolute atomic E-state index is 0.101. The summed E-state index contributed by atoms with van der Waals surface area (Å²) in [7, 11) is 1.36. The SMILES string of the molecule is COC(=O)N1CCC(C(O)CN)C1. The zero-order valence-corrected chi connectivity index (χ0v) is 7.77. The molecule has 2 atom stereocenters. The molecule has 0 radical (unpaired) electrons. The highest BCUT2D eigenvalue weighted by Gasteiger charge is 2.30. The van der Waals surface area contributed by atoms with E-state index in [0.717, 1.165) is 6.42 Å². The Bertz CT molecular complexity index is 186. The lowest BCUT2D eigenvalue weighted by atomic mass is 10.0. The maximum atomic E-state index is 11.1. The molecule has 0 aromatic carbocycles. The fourth-order valence-corrected chi connectivity index (χ4v) is 1.59. The molecule has 0 aromatic rings. The number of aliphatic hydroxyl groups is 1. The summed E-state index contributed by atoms with van der Waals surface area (Å²) in [5.41, 5.74) is 5.32. The van der Waals surface area contributed by atoms with Gasteiger partial charge in [-0.3, -0.25) is 0 Å². The zero-order chi connectivity index (χ0) is 9.84. The second kappa shape index (κ2) is 4.43. The Morgan fingerprint density at radius 2 is 2.54 bits per heavy atom. The van der Waals surface area contributed by atoms with Gasteiger partial charge in [0.15, 0.2) is 0 Å². The molecule has 0 bridgehead atoms. The van der Waals surface area contributed by atoms with Crippen molar-refractivity contribution in [2.45, 2.75) is 12.5 Å². The van der Waals surface area contributed by atoms with Crippen LogP contribution in [0.4, 0.5) is 4.79 Å². The number of hydrogen-bond acceptors (Lipinski definition) is 4. The predicted molar refractivity (Wildman–Crippen MR) is 47.1 cm³/mol. The summed E-state index contributed by atoms with van der Waals surface area (Å²) in [6, 6.07) is 0. The minimum atomic E-state index is -0.505. The van der Waals surface area contributed by atoms with Crippen molar-refractivity contribution in [3.8, 4) is 0 Å². The third-order valence-corrected chi connectivity index (χ3v) is 2.44. The molecule has 1 aliphatic rings. The molecule has 0 saturated carbocycles. The number of nitrogens with zero attached hydrogens (tertiary/aromatic N) is 1. The van der Waals surface area contributed by atoms with E-state index in [1.807, 2.05) is 0 Å². The number of aliphatic hydroxyl groups excluding tert-OH is 1. The lowest BCUT2D eigenvalue weighted by Crippen LogP contribution is -2.33.